The first kappa shape index (κ1) is 15.9. The van der Waals surface area contributed by atoms with Gasteiger partial charge in [-0.3, -0.25) is 0 Å². The quantitative estimate of drug-likeness (QED) is 0.797. The maximum atomic E-state index is 12.4. The van der Waals surface area contributed by atoms with Gasteiger partial charge in [-0.05, 0) is 25.0 Å². The molecule has 1 aromatic rings. The number of ether oxygens (including phenoxy) is 1. The van der Waals surface area contributed by atoms with Crippen molar-refractivity contribution in [3.63, 3.8) is 0 Å². The monoisotopic (exact) mass is 287 g/mol. The Labute approximate surface area is 114 Å². The molecule has 0 radical (unpaired) electrons. The molecule has 1 aromatic carbocycles. The average Bonchev–Trinajstić information content (AvgIpc) is 2.45. The summed E-state index contributed by atoms with van der Waals surface area (Å²) in [6.07, 6.45) is 1.02. The number of hydrogen-bond donors (Lipinski definition) is 2. The second kappa shape index (κ2) is 6.36. The van der Waals surface area contributed by atoms with Crippen molar-refractivity contribution >= 4 is 10.0 Å². The first-order valence-corrected chi connectivity index (χ1v) is 7.71. The number of aliphatic hydroxyl groups excluding tert-OH is 1. The van der Waals surface area contributed by atoms with Crippen LogP contribution in [0.3, 0.4) is 0 Å². The highest BCUT2D eigenvalue weighted by molar-refractivity contribution is 7.89. The van der Waals surface area contributed by atoms with Crippen LogP contribution in [-0.2, 0) is 10.0 Å². The Kier molecular flexibility index (Phi) is 5.34. The van der Waals surface area contributed by atoms with Crippen molar-refractivity contribution in [2.75, 3.05) is 13.7 Å². The predicted molar refractivity (Wildman–Crippen MR) is 73.7 cm³/mol. The molecule has 0 aliphatic carbocycles. The van der Waals surface area contributed by atoms with Crippen LogP contribution in [0.5, 0.6) is 5.75 Å². The van der Waals surface area contributed by atoms with Gasteiger partial charge in [-0.25, -0.2) is 13.1 Å². The Morgan fingerprint density at radius 3 is 2.32 bits per heavy atom. The van der Waals surface area contributed by atoms with Gasteiger partial charge < -0.3 is 9.84 Å². The summed E-state index contributed by atoms with van der Waals surface area (Å²) in [6, 6.07) is 6.41. The number of sulfonamides is 1. The lowest BCUT2D eigenvalue weighted by molar-refractivity contribution is 0.172. The normalized spacial score (nSPS) is 12.4. The molecule has 0 spiro atoms. The molecule has 0 aliphatic rings. The molecule has 5 nitrogen and oxygen atoms in total. The van der Waals surface area contributed by atoms with Gasteiger partial charge >= 0.3 is 0 Å². The summed E-state index contributed by atoms with van der Waals surface area (Å²) < 4.78 is 32.5. The van der Waals surface area contributed by atoms with Gasteiger partial charge in [0.2, 0.25) is 10.0 Å². The van der Waals surface area contributed by atoms with E-state index in [0.717, 1.165) is 0 Å². The van der Waals surface area contributed by atoms with Crippen LogP contribution < -0.4 is 9.46 Å². The summed E-state index contributed by atoms with van der Waals surface area (Å²) in [5.74, 6) is 0.286. The molecule has 19 heavy (non-hydrogen) atoms. The van der Waals surface area contributed by atoms with Crippen molar-refractivity contribution in [2.45, 2.75) is 37.1 Å². The van der Waals surface area contributed by atoms with Crippen LogP contribution in [0, 0.1) is 0 Å². The number of nitrogens with one attached hydrogen (secondary N) is 1. The van der Waals surface area contributed by atoms with Gasteiger partial charge in [0.15, 0.2) is 0 Å². The first-order valence-electron chi connectivity index (χ1n) is 6.22. The molecular weight excluding hydrogens is 266 g/mol. The fraction of sp³-hybridized carbons (Fsp3) is 0.538. The van der Waals surface area contributed by atoms with Gasteiger partial charge in [-0.15, -0.1) is 0 Å². The van der Waals surface area contributed by atoms with Crippen LogP contribution in [0.1, 0.15) is 26.7 Å². The molecule has 0 bridgehead atoms. The molecule has 0 unspecified atom stereocenters. The maximum Gasteiger partial charge on any atom is 0.244 e. The topological polar surface area (TPSA) is 75.6 Å². The van der Waals surface area contributed by atoms with E-state index >= 15 is 0 Å². The fourth-order valence-electron chi connectivity index (χ4n) is 1.83. The van der Waals surface area contributed by atoms with Gasteiger partial charge in [0, 0.05) is 0 Å². The maximum absolute atomic E-state index is 12.4. The molecule has 6 heteroatoms. The van der Waals surface area contributed by atoms with E-state index in [-0.39, 0.29) is 17.3 Å². The summed E-state index contributed by atoms with van der Waals surface area (Å²) >= 11 is 0. The standard InChI is InChI=1S/C13H21NO4S/c1-4-13(5-2,10-15)14-19(16,17)12-9-7-6-8-11(12)18-3/h6-9,14-15H,4-5,10H2,1-3H3. The molecule has 1 rings (SSSR count). The summed E-state index contributed by atoms with van der Waals surface area (Å²) in [7, 11) is -2.31. The van der Waals surface area contributed by atoms with E-state index in [4.69, 9.17) is 4.74 Å². The first-order chi connectivity index (χ1) is 8.94. The summed E-state index contributed by atoms with van der Waals surface area (Å²) in [4.78, 5) is 0.0808. The second-order valence-electron chi connectivity index (χ2n) is 4.40. The Hall–Kier alpha value is -1.11. The van der Waals surface area contributed by atoms with Gasteiger partial charge in [-0.2, -0.15) is 0 Å². The molecule has 0 saturated heterocycles. The molecule has 0 heterocycles. The van der Waals surface area contributed by atoms with Gasteiger partial charge in [0.25, 0.3) is 0 Å². The largest absolute Gasteiger partial charge is 0.495 e. The summed E-state index contributed by atoms with van der Waals surface area (Å²) in [6.45, 7) is 3.43. The zero-order chi connectivity index (χ0) is 14.5. The van der Waals surface area contributed by atoms with Crippen LogP contribution in [0.25, 0.3) is 0 Å². The molecular formula is C13H21NO4S. The number of hydrogen-bond acceptors (Lipinski definition) is 4. The van der Waals surface area contributed by atoms with E-state index in [1.807, 2.05) is 13.8 Å². The van der Waals surface area contributed by atoms with E-state index in [1.54, 1.807) is 18.2 Å². The number of methoxy groups -OCH3 is 1. The van der Waals surface area contributed by atoms with Gasteiger partial charge in [0.1, 0.15) is 10.6 Å². The van der Waals surface area contributed by atoms with Crippen LogP contribution in [0.4, 0.5) is 0 Å². The number of para-hydroxylation sites is 1. The minimum Gasteiger partial charge on any atom is -0.495 e. The zero-order valence-electron chi connectivity index (χ0n) is 11.5. The lowest BCUT2D eigenvalue weighted by atomic mass is 9.96. The summed E-state index contributed by atoms with van der Waals surface area (Å²) in [5.41, 5.74) is -0.834. The molecule has 0 amide bonds. The van der Waals surface area contributed by atoms with Crippen molar-refractivity contribution in [1.82, 2.24) is 4.72 Å². The Morgan fingerprint density at radius 1 is 1.26 bits per heavy atom. The average molecular weight is 287 g/mol. The lowest BCUT2D eigenvalue weighted by Gasteiger charge is -2.30. The third-order valence-electron chi connectivity index (χ3n) is 3.37. The van der Waals surface area contributed by atoms with E-state index in [2.05, 4.69) is 4.72 Å². The van der Waals surface area contributed by atoms with E-state index < -0.39 is 15.6 Å². The minimum absolute atomic E-state index is 0.0808. The van der Waals surface area contributed by atoms with Crippen molar-refractivity contribution < 1.29 is 18.3 Å². The smallest absolute Gasteiger partial charge is 0.244 e. The molecule has 0 aromatic heterocycles. The highest BCUT2D eigenvalue weighted by Crippen LogP contribution is 2.25. The third kappa shape index (κ3) is 3.46. The van der Waals surface area contributed by atoms with Crippen LogP contribution >= 0.6 is 0 Å². The Balaban J connectivity index is 3.18. The fourth-order valence-corrected chi connectivity index (χ4v) is 3.54. The molecule has 2 N–H and O–H groups in total. The molecule has 108 valence electrons. The predicted octanol–water partition coefficient (Wildman–Crippen LogP) is 1.52. The number of benzene rings is 1. The minimum atomic E-state index is -3.73. The van der Waals surface area contributed by atoms with E-state index in [9.17, 15) is 13.5 Å². The zero-order valence-corrected chi connectivity index (χ0v) is 12.3. The Morgan fingerprint density at radius 2 is 1.84 bits per heavy atom. The highest BCUT2D eigenvalue weighted by atomic mass is 32.2. The molecule has 0 saturated carbocycles. The number of aliphatic hydroxyl groups is 1. The third-order valence-corrected chi connectivity index (χ3v) is 4.98. The van der Waals surface area contributed by atoms with Crippen molar-refractivity contribution in [3.05, 3.63) is 24.3 Å². The highest BCUT2D eigenvalue weighted by Gasteiger charge is 2.32. The lowest BCUT2D eigenvalue weighted by Crippen LogP contribution is -2.50. The second-order valence-corrected chi connectivity index (χ2v) is 6.05. The Bertz CT molecular complexity index is 501. The van der Waals surface area contributed by atoms with E-state index in [0.29, 0.717) is 12.8 Å². The van der Waals surface area contributed by atoms with Crippen molar-refractivity contribution in [2.24, 2.45) is 0 Å². The van der Waals surface area contributed by atoms with Gasteiger partial charge in [-0.1, -0.05) is 26.0 Å². The molecule has 0 aliphatic heterocycles. The molecule has 0 fully saturated rings. The van der Waals surface area contributed by atoms with E-state index in [1.165, 1.54) is 13.2 Å². The van der Waals surface area contributed by atoms with Crippen LogP contribution in [0.15, 0.2) is 29.2 Å². The van der Waals surface area contributed by atoms with Crippen LogP contribution in [0.2, 0.25) is 0 Å². The summed E-state index contributed by atoms with van der Waals surface area (Å²) in [5, 5.41) is 9.46. The van der Waals surface area contributed by atoms with Crippen molar-refractivity contribution in [3.8, 4) is 5.75 Å². The number of rotatable bonds is 7. The van der Waals surface area contributed by atoms with Crippen LogP contribution in [-0.4, -0.2) is 32.8 Å². The molecule has 0 atom stereocenters. The van der Waals surface area contributed by atoms with Gasteiger partial charge in [0.05, 0.1) is 19.3 Å². The van der Waals surface area contributed by atoms with Crippen molar-refractivity contribution in [1.29, 1.82) is 0 Å². The SMILES string of the molecule is CCC(CC)(CO)NS(=O)(=O)c1ccccc1OC.